The van der Waals surface area contributed by atoms with Crippen molar-refractivity contribution in [3.63, 3.8) is 0 Å². The Bertz CT molecular complexity index is 643. The number of morpholine rings is 1. The number of aryl methyl sites for hydroxylation is 1. The Labute approximate surface area is 176 Å². The number of hydrogen-bond donors (Lipinski definition) is 2. The SMILES string of the molecule is CCNC(=NCc1c(C)nn(CCOC)c1C)NCC1CN(CC(C)C)CCO1. The molecule has 1 fully saturated rings. The number of aliphatic imine (C=N–C) groups is 1. The van der Waals surface area contributed by atoms with E-state index < -0.39 is 0 Å². The number of hydrogen-bond acceptors (Lipinski definition) is 5. The second kappa shape index (κ2) is 12.1. The zero-order valence-electron chi connectivity index (χ0n) is 19.1. The van der Waals surface area contributed by atoms with Gasteiger partial charge in [-0.2, -0.15) is 5.10 Å². The van der Waals surface area contributed by atoms with E-state index in [0.717, 1.165) is 63.2 Å². The maximum Gasteiger partial charge on any atom is 0.191 e. The summed E-state index contributed by atoms with van der Waals surface area (Å²) in [6.45, 7) is 18.3. The van der Waals surface area contributed by atoms with Gasteiger partial charge in [0.2, 0.25) is 0 Å². The van der Waals surface area contributed by atoms with Crippen molar-refractivity contribution < 1.29 is 9.47 Å². The van der Waals surface area contributed by atoms with Gasteiger partial charge in [0.1, 0.15) is 0 Å². The molecule has 1 saturated heterocycles. The largest absolute Gasteiger partial charge is 0.383 e. The number of nitrogens with one attached hydrogen (secondary N) is 2. The number of aromatic nitrogens is 2. The Morgan fingerprint density at radius 1 is 1.34 bits per heavy atom. The monoisotopic (exact) mass is 408 g/mol. The van der Waals surface area contributed by atoms with E-state index in [4.69, 9.17) is 14.5 Å². The van der Waals surface area contributed by atoms with Gasteiger partial charge in [-0.15, -0.1) is 0 Å². The Hall–Kier alpha value is -1.64. The van der Waals surface area contributed by atoms with Crippen molar-refractivity contribution >= 4 is 5.96 Å². The Balaban J connectivity index is 1.94. The summed E-state index contributed by atoms with van der Waals surface area (Å²) in [4.78, 5) is 7.28. The maximum atomic E-state index is 5.95. The normalized spacial score (nSPS) is 18.4. The van der Waals surface area contributed by atoms with Crippen LogP contribution in [0.25, 0.3) is 0 Å². The molecule has 166 valence electrons. The van der Waals surface area contributed by atoms with Gasteiger partial charge in [0.25, 0.3) is 0 Å². The molecule has 29 heavy (non-hydrogen) atoms. The quantitative estimate of drug-likeness (QED) is 0.452. The summed E-state index contributed by atoms with van der Waals surface area (Å²) in [5, 5.41) is 11.4. The number of ether oxygens (including phenoxy) is 2. The van der Waals surface area contributed by atoms with Crippen LogP contribution in [0.5, 0.6) is 0 Å². The van der Waals surface area contributed by atoms with Crippen molar-refractivity contribution in [1.82, 2.24) is 25.3 Å². The summed E-state index contributed by atoms with van der Waals surface area (Å²) in [5.74, 6) is 1.50. The topological polar surface area (TPSA) is 75.9 Å². The lowest BCUT2D eigenvalue weighted by atomic mass is 10.2. The molecular weight excluding hydrogens is 368 g/mol. The van der Waals surface area contributed by atoms with Crippen LogP contribution in [-0.4, -0.2) is 79.8 Å². The minimum absolute atomic E-state index is 0.187. The average molecular weight is 409 g/mol. The lowest BCUT2D eigenvalue weighted by Gasteiger charge is -2.34. The second-order valence-corrected chi connectivity index (χ2v) is 8.09. The number of rotatable bonds is 10. The fourth-order valence-electron chi connectivity index (χ4n) is 3.65. The molecule has 8 heteroatoms. The third-order valence-electron chi connectivity index (χ3n) is 5.12. The van der Waals surface area contributed by atoms with Crippen LogP contribution in [0.15, 0.2) is 4.99 Å². The standard InChI is InChI=1S/C21H40N6O2/c1-7-22-21(23-12-19-15-26(8-11-29-19)14-16(2)3)24-13-20-17(4)25-27(18(20)5)9-10-28-6/h16,19H,7-15H2,1-6H3,(H2,22,23,24). The predicted molar refractivity (Wildman–Crippen MR) is 117 cm³/mol. The molecule has 0 aliphatic carbocycles. The van der Waals surface area contributed by atoms with Gasteiger partial charge in [0, 0.05) is 51.1 Å². The van der Waals surface area contributed by atoms with Crippen LogP contribution in [0.1, 0.15) is 37.7 Å². The van der Waals surface area contributed by atoms with Crippen molar-refractivity contribution in [2.24, 2.45) is 10.9 Å². The van der Waals surface area contributed by atoms with Gasteiger partial charge in [0.15, 0.2) is 5.96 Å². The second-order valence-electron chi connectivity index (χ2n) is 8.09. The van der Waals surface area contributed by atoms with E-state index in [-0.39, 0.29) is 6.10 Å². The predicted octanol–water partition coefficient (Wildman–Crippen LogP) is 1.56. The molecule has 0 spiro atoms. The molecule has 1 aliphatic rings. The van der Waals surface area contributed by atoms with Crippen molar-refractivity contribution in [2.75, 3.05) is 53.0 Å². The van der Waals surface area contributed by atoms with Crippen LogP contribution < -0.4 is 10.6 Å². The molecule has 2 N–H and O–H groups in total. The van der Waals surface area contributed by atoms with E-state index >= 15 is 0 Å². The number of guanidine groups is 1. The molecule has 1 aromatic heterocycles. The molecule has 2 rings (SSSR count). The summed E-state index contributed by atoms with van der Waals surface area (Å²) in [7, 11) is 1.71. The first-order chi connectivity index (χ1) is 13.9. The molecule has 0 aromatic carbocycles. The van der Waals surface area contributed by atoms with Gasteiger partial charge in [-0.1, -0.05) is 13.8 Å². The van der Waals surface area contributed by atoms with Crippen LogP contribution >= 0.6 is 0 Å². The van der Waals surface area contributed by atoms with Gasteiger partial charge in [-0.25, -0.2) is 4.99 Å². The first-order valence-electron chi connectivity index (χ1n) is 10.8. The zero-order valence-corrected chi connectivity index (χ0v) is 19.1. The van der Waals surface area contributed by atoms with Gasteiger partial charge in [-0.3, -0.25) is 9.58 Å². The fraction of sp³-hybridized carbons (Fsp3) is 0.810. The number of methoxy groups -OCH3 is 1. The molecule has 0 amide bonds. The summed E-state index contributed by atoms with van der Waals surface area (Å²) in [5.41, 5.74) is 3.35. The highest BCUT2D eigenvalue weighted by Crippen LogP contribution is 2.14. The third-order valence-corrected chi connectivity index (χ3v) is 5.12. The van der Waals surface area contributed by atoms with Gasteiger partial charge in [-0.05, 0) is 26.7 Å². The molecule has 1 unspecified atom stereocenters. The van der Waals surface area contributed by atoms with Gasteiger partial charge < -0.3 is 20.1 Å². The first kappa shape index (κ1) is 23.6. The molecule has 0 saturated carbocycles. The summed E-state index contributed by atoms with van der Waals surface area (Å²) in [6.07, 6.45) is 0.187. The third kappa shape index (κ3) is 7.60. The van der Waals surface area contributed by atoms with Crippen LogP contribution in [-0.2, 0) is 22.6 Å². The van der Waals surface area contributed by atoms with Crippen LogP contribution in [0.4, 0.5) is 0 Å². The highest BCUT2D eigenvalue weighted by Gasteiger charge is 2.21. The average Bonchev–Trinajstić information content (AvgIpc) is 2.95. The van der Waals surface area contributed by atoms with E-state index in [1.807, 2.05) is 11.6 Å². The molecule has 0 radical (unpaired) electrons. The van der Waals surface area contributed by atoms with Crippen LogP contribution in [0, 0.1) is 19.8 Å². The highest BCUT2D eigenvalue weighted by molar-refractivity contribution is 5.79. The summed E-state index contributed by atoms with van der Waals surface area (Å²) >= 11 is 0. The Morgan fingerprint density at radius 2 is 2.14 bits per heavy atom. The van der Waals surface area contributed by atoms with Crippen LogP contribution in [0.2, 0.25) is 0 Å². The fourth-order valence-corrected chi connectivity index (χ4v) is 3.65. The van der Waals surface area contributed by atoms with Crippen molar-refractivity contribution in [2.45, 2.75) is 53.8 Å². The van der Waals surface area contributed by atoms with Crippen molar-refractivity contribution in [3.8, 4) is 0 Å². The minimum atomic E-state index is 0.187. The Morgan fingerprint density at radius 3 is 2.83 bits per heavy atom. The Kier molecular flexibility index (Phi) is 9.90. The van der Waals surface area contributed by atoms with Gasteiger partial charge >= 0.3 is 0 Å². The molecule has 8 nitrogen and oxygen atoms in total. The number of nitrogens with zero attached hydrogens (tertiary/aromatic N) is 4. The smallest absolute Gasteiger partial charge is 0.191 e. The summed E-state index contributed by atoms with van der Waals surface area (Å²) < 4.78 is 13.1. The van der Waals surface area contributed by atoms with Crippen molar-refractivity contribution in [1.29, 1.82) is 0 Å². The van der Waals surface area contributed by atoms with Gasteiger partial charge in [0.05, 0.1) is 38.1 Å². The lowest BCUT2D eigenvalue weighted by Crippen LogP contribution is -2.50. The van der Waals surface area contributed by atoms with E-state index in [1.165, 1.54) is 5.56 Å². The lowest BCUT2D eigenvalue weighted by molar-refractivity contribution is -0.0284. The zero-order chi connectivity index (χ0) is 21.2. The molecule has 1 aliphatic heterocycles. The molecule has 1 aromatic rings. The summed E-state index contributed by atoms with van der Waals surface area (Å²) in [6, 6.07) is 0. The molecule has 2 heterocycles. The van der Waals surface area contributed by atoms with E-state index in [9.17, 15) is 0 Å². The maximum absolute atomic E-state index is 5.95. The van der Waals surface area contributed by atoms with Crippen LogP contribution in [0.3, 0.4) is 0 Å². The molecular formula is C21H40N6O2. The van der Waals surface area contributed by atoms with Crippen molar-refractivity contribution in [3.05, 3.63) is 17.0 Å². The van der Waals surface area contributed by atoms with E-state index in [2.05, 4.69) is 48.3 Å². The first-order valence-corrected chi connectivity index (χ1v) is 10.8. The van der Waals surface area contributed by atoms with E-state index in [1.54, 1.807) is 7.11 Å². The molecule has 0 bridgehead atoms. The molecule has 1 atom stereocenters. The highest BCUT2D eigenvalue weighted by atomic mass is 16.5. The minimum Gasteiger partial charge on any atom is -0.383 e. The van der Waals surface area contributed by atoms with E-state index in [0.29, 0.717) is 19.1 Å².